The third kappa shape index (κ3) is 4.19. The topological polar surface area (TPSA) is 54.8 Å². The lowest BCUT2D eigenvalue weighted by molar-refractivity contribution is 0.0652. The molecule has 1 aromatic carbocycles. The first-order valence-electron chi connectivity index (χ1n) is 14.1. The van der Waals surface area contributed by atoms with Gasteiger partial charge in [0.05, 0.1) is 6.04 Å². The van der Waals surface area contributed by atoms with Crippen molar-refractivity contribution in [2.45, 2.75) is 31.9 Å². The van der Waals surface area contributed by atoms with Crippen molar-refractivity contribution in [1.29, 1.82) is 0 Å². The quantitative estimate of drug-likeness (QED) is 0.574. The van der Waals surface area contributed by atoms with Gasteiger partial charge in [-0.25, -0.2) is 0 Å². The Kier molecular flexibility index (Phi) is 6.11. The average molecular weight is 520 g/mol. The van der Waals surface area contributed by atoms with E-state index in [2.05, 4.69) is 59.7 Å². The van der Waals surface area contributed by atoms with Crippen LogP contribution in [0, 0.1) is 23.7 Å². The average Bonchev–Trinajstić information content (AvgIpc) is 3.14. The molecule has 2 bridgehead atoms. The van der Waals surface area contributed by atoms with E-state index in [1.54, 1.807) is 12.3 Å². The summed E-state index contributed by atoms with van der Waals surface area (Å²) in [6, 6.07) is 11.4. The fourth-order valence-electron chi connectivity index (χ4n) is 7.12. The summed E-state index contributed by atoms with van der Waals surface area (Å²) in [6.07, 6.45) is 25.2. The fraction of sp³-hybridized carbons (Fsp3) is 0.333. The molecule has 5 aliphatic rings. The van der Waals surface area contributed by atoms with Crippen LogP contribution in [0.5, 0.6) is 5.75 Å². The molecule has 198 valence electrons. The van der Waals surface area contributed by atoms with Crippen LogP contribution in [0.15, 0.2) is 108 Å². The highest BCUT2D eigenvalue weighted by Gasteiger charge is 2.47. The van der Waals surface area contributed by atoms with Crippen LogP contribution in [0.25, 0.3) is 0 Å². The van der Waals surface area contributed by atoms with Gasteiger partial charge in [-0.15, -0.1) is 0 Å². The molecule has 6 heteroatoms. The van der Waals surface area contributed by atoms with Crippen molar-refractivity contribution in [3.05, 3.63) is 124 Å². The highest BCUT2D eigenvalue weighted by molar-refractivity contribution is 5.96. The Balaban J connectivity index is 1.39. The number of ether oxygens (including phenoxy) is 1. The minimum Gasteiger partial charge on any atom is -0.482 e. The van der Waals surface area contributed by atoms with E-state index >= 15 is 0 Å². The summed E-state index contributed by atoms with van der Waals surface area (Å²) >= 11 is 0. The molecule has 1 aromatic heterocycles. The van der Waals surface area contributed by atoms with Gasteiger partial charge in [0.1, 0.15) is 13.3 Å². The monoisotopic (exact) mass is 519 g/mol. The van der Waals surface area contributed by atoms with Gasteiger partial charge in [0.15, 0.2) is 11.4 Å². The van der Waals surface area contributed by atoms with Gasteiger partial charge in [-0.05, 0) is 42.2 Å². The number of aromatic nitrogens is 1. The van der Waals surface area contributed by atoms with Crippen molar-refractivity contribution in [3.8, 4) is 5.75 Å². The number of hydrogen-bond donors (Lipinski definition) is 0. The summed E-state index contributed by atoms with van der Waals surface area (Å²) < 4.78 is 8.10. The van der Waals surface area contributed by atoms with Crippen LogP contribution in [0.4, 0.5) is 0 Å². The van der Waals surface area contributed by atoms with E-state index in [0.717, 1.165) is 24.8 Å². The molecule has 2 aliphatic heterocycles. The summed E-state index contributed by atoms with van der Waals surface area (Å²) in [7, 11) is 0. The Morgan fingerprint density at radius 1 is 0.923 bits per heavy atom. The Hall–Kier alpha value is -4.06. The van der Waals surface area contributed by atoms with E-state index in [4.69, 9.17) is 4.74 Å². The van der Waals surface area contributed by atoms with Crippen molar-refractivity contribution in [3.63, 3.8) is 0 Å². The molecule has 1 amide bonds. The standard InChI is InChI=1S/C33H33N3O3/c37-28-18-20-35-31(32(28)39-21-23-9-2-1-3-10-23)33(38)34-19-7-6-12-25-13-8-14-26-17-16-24-11-4-5-15-27(24)30(29(25)26)36(35)22-34/h1-6,8-15,18,20,24,26-27,29-30H,7,16-17,19,21-22H2/b12-6-/t24?,26?,27?,29?,30-/m1/s1. The summed E-state index contributed by atoms with van der Waals surface area (Å²) in [6.45, 7) is 1.29. The number of fused-ring (bicyclic) bond motifs is 7. The molecule has 5 atom stereocenters. The highest BCUT2D eigenvalue weighted by Crippen LogP contribution is 2.46. The molecule has 0 N–H and O–H groups in total. The van der Waals surface area contributed by atoms with E-state index < -0.39 is 0 Å². The molecule has 2 aromatic rings. The van der Waals surface area contributed by atoms with Gasteiger partial charge in [-0.2, -0.15) is 0 Å². The van der Waals surface area contributed by atoms with Crippen molar-refractivity contribution < 1.29 is 9.53 Å². The van der Waals surface area contributed by atoms with E-state index in [0.29, 0.717) is 30.7 Å². The molecule has 6 nitrogen and oxygen atoms in total. The molecule has 0 radical (unpaired) electrons. The van der Waals surface area contributed by atoms with Crippen LogP contribution < -0.4 is 15.2 Å². The van der Waals surface area contributed by atoms with Crippen LogP contribution in [0.3, 0.4) is 0 Å². The molecular weight excluding hydrogens is 486 g/mol. The minimum atomic E-state index is -0.266. The maximum absolute atomic E-state index is 14.0. The maximum atomic E-state index is 14.0. The maximum Gasteiger partial charge on any atom is 0.277 e. The first kappa shape index (κ1) is 24.0. The highest BCUT2D eigenvalue weighted by atomic mass is 16.5. The number of hydrogen-bond acceptors (Lipinski definition) is 4. The van der Waals surface area contributed by atoms with Crippen LogP contribution in [0.1, 0.15) is 35.3 Å². The van der Waals surface area contributed by atoms with Gasteiger partial charge >= 0.3 is 0 Å². The largest absolute Gasteiger partial charge is 0.482 e. The predicted molar refractivity (Wildman–Crippen MR) is 152 cm³/mol. The van der Waals surface area contributed by atoms with E-state index in [9.17, 15) is 9.59 Å². The van der Waals surface area contributed by atoms with Gasteiger partial charge in [-0.1, -0.05) is 85.0 Å². The summed E-state index contributed by atoms with van der Waals surface area (Å²) in [5, 5.41) is 2.35. The number of pyridine rings is 1. The zero-order valence-electron chi connectivity index (χ0n) is 21.9. The normalized spacial score (nSPS) is 29.5. The number of carbonyl (C=O) groups excluding carboxylic acids is 1. The molecule has 7 rings (SSSR count). The Morgan fingerprint density at radius 3 is 2.64 bits per heavy atom. The van der Waals surface area contributed by atoms with Crippen molar-refractivity contribution in [2.75, 3.05) is 18.2 Å². The van der Waals surface area contributed by atoms with Gasteiger partial charge in [0, 0.05) is 30.6 Å². The lowest BCUT2D eigenvalue weighted by Gasteiger charge is -2.50. The molecule has 0 saturated heterocycles. The molecular formula is C33H33N3O3. The zero-order valence-corrected chi connectivity index (χ0v) is 21.9. The second kappa shape index (κ2) is 9.92. The molecule has 1 saturated carbocycles. The van der Waals surface area contributed by atoms with E-state index in [-0.39, 0.29) is 41.6 Å². The van der Waals surface area contributed by atoms with Gasteiger partial charge in [0.2, 0.25) is 5.43 Å². The number of benzene rings is 1. The number of allylic oxidation sites excluding steroid dienone is 7. The molecule has 3 heterocycles. The first-order chi connectivity index (χ1) is 19.2. The summed E-state index contributed by atoms with van der Waals surface area (Å²) in [4.78, 5) is 29.1. The van der Waals surface area contributed by atoms with Crippen molar-refractivity contribution in [1.82, 2.24) is 9.58 Å². The van der Waals surface area contributed by atoms with Crippen LogP contribution >= 0.6 is 0 Å². The zero-order chi connectivity index (χ0) is 26.3. The third-order valence-corrected chi connectivity index (χ3v) is 8.95. The van der Waals surface area contributed by atoms with Gasteiger partial charge in [0.25, 0.3) is 5.91 Å². The number of carbonyl (C=O) groups is 1. The van der Waals surface area contributed by atoms with Gasteiger partial charge < -0.3 is 9.64 Å². The first-order valence-corrected chi connectivity index (χ1v) is 14.1. The second-order valence-corrected chi connectivity index (χ2v) is 11.1. The predicted octanol–water partition coefficient (Wildman–Crippen LogP) is 4.99. The Bertz CT molecular complexity index is 1480. The van der Waals surface area contributed by atoms with E-state index in [1.165, 1.54) is 5.57 Å². The van der Waals surface area contributed by atoms with Crippen LogP contribution in [-0.4, -0.2) is 34.7 Å². The number of rotatable bonds is 3. The smallest absolute Gasteiger partial charge is 0.277 e. The SMILES string of the molecule is O=C1c2c(OCc3ccccc3)c(=O)ccn2N2CN1CC/C=C\C1=CC=CC3CCC4C=CC=CC4[C@@H]2C13. The molecule has 3 aliphatic carbocycles. The van der Waals surface area contributed by atoms with Crippen molar-refractivity contribution >= 4 is 5.91 Å². The summed E-state index contributed by atoms with van der Waals surface area (Å²) in [5.41, 5.74) is 2.37. The van der Waals surface area contributed by atoms with Crippen molar-refractivity contribution in [2.24, 2.45) is 23.7 Å². The molecule has 4 unspecified atom stereocenters. The number of amides is 1. The number of nitrogens with zero attached hydrogens (tertiary/aromatic N) is 3. The molecule has 39 heavy (non-hydrogen) atoms. The minimum absolute atomic E-state index is 0.0986. The summed E-state index contributed by atoms with van der Waals surface area (Å²) in [5.74, 6) is 1.37. The molecule has 0 spiro atoms. The lowest BCUT2D eigenvalue weighted by atomic mass is 9.72. The Morgan fingerprint density at radius 2 is 1.74 bits per heavy atom. The van der Waals surface area contributed by atoms with Crippen LogP contribution in [-0.2, 0) is 6.61 Å². The van der Waals surface area contributed by atoms with Gasteiger partial charge in [-0.3, -0.25) is 19.3 Å². The molecule has 1 fully saturated rings. The second-order valence-electron chi connectivity index (χ2n) is 11.1. The lowest BCUT2D eigenvalue weighted by Crippen LogP contribution is -2.62. The fourth-order valence-corrected chi connectivity index (χ4v) is 7.12. The third-order valence-electron chi connectivity index (χ3n) is 8.95. The Labute approximate surface area is 228 Å². The van der Waals surface area contributed by atoms with E-state index in [1.807, 2.05) is 39.9 Å². The van der Waals surface area contributed by atoms with Crippen LogP contribution in [0.2, 0.25) is 0 Å².